The number of aliphatic hydroxyl groups is 1. The molecule has 1 heterocycles. The first kappa shape index (κ1) is 19.1. The number of aliphatic hydroxyl groups excluding tert-OH is 1. The van der Waals surface area contributed by atoms with E-state index in [2.05, 4.69) is 22.1 Å². The topological polar surface area (TPSA) is 99.0 Å². The second kappa shape index (κ2) is 8.41. The molecule has 0 saturated carbocycles. The number of nitriles is 1. The fraction of sp³-hybridized carbons (Fsp3) is 0.227. The standard InChI is InChI=1S/C22H19N3O3S/c23-11-17(22-24-18-6-1-2-7-19(18)25-22)20(26)12-28-21(27)13-29-16-9-8-14-4-3-5-15(14)10-16/h1-2,6-10,26H,3-5,12-13H2,(H,24,25)/b20-17-. The van der Waals surface area contributed by atoms with Gasteiger partial charge in [-0.2, -0.15) is 5.26 Å². The molecule has 1 aliphatic carbocycles. The molecule has 4 rings (SSSR count). The normalized spacial score (nSPS) is 13.6. The van der Waals surface area contributed by atoms with Crippen LogP contribution in [0.3, 0.4) is 0 Å². The molecule has 1 aliphatic rings. The van der Waals surface area contributed by atoms with Gasteiger partial charge in [-0.25, -0.2) is 4.98 Å². The minimum absolute atomic E-state index is 0.0414. The molecule has 0 saturated heterocycles. The van der Waals surface area contributed by atoms with Crippen molar-refractivity contribution in [3.63, 3.8) is 0 Å². The van der Waals surface area contributed by atoms with Crippen molar-refractivity contribution in [2.75, 3.05) is 12.4 Å². The molecule has 0 spiro atoms. The lowest BCUT2D eigenvalue weighted by Gasteiger charge is -2.07. The molecule has 0 aliphatic heterocycles. The van der Waals surface area contributed by atoms with Crippen LogP contribution in [0.15, 0.2) is 53.1 Å². The van der Waals surface area contributed by atoms with Crippen LogP contribution in [0.1, 0.15) is 23.4 Å². The highest BCUT2D eigenvalue weighted by Crippen LogP contribution is 2.27. The smallest absolute Gasteiger partial charge is 0.316 e. The number of allylic oxidation sites excluding steroid dienone is 1. The van der Waals surface area contributed by atoms with Gasteiger partial charge in [0.25, 0.3) is 0 Å². The Hall–Kier alpha value is -3.24. The van der Waals surface area contributed by atoms with Crippen LogP contribution in [0.5, 0.6) is 0 Å². The number of esters is 1. The summed E-state index contributed by atoms with van der Waals surface area (Å²) in [5, 5.41) is 19.6. The van der Waals surface area contributed by atoms with Gasteiger partial charge in [-0.05, 0) is 54.7 Å². The number of aromatic amines is 1. The zero-order chi connectivity index (χ0) is 20.2. The number of thioether (sulfide) groups is 1. The number of H-pyrrole nitrogens is 1. The molecule has 3 aromatic rings. The number of nitrogens with one attached hydrogen (secondary N) is 1. The summed E-state index contributed by atoms with van der Waals surface area (Å²) in [6.07, 6.45) is 3.40. The first-order chi connectivity index (χ1) is 14.1. The van der Waals surface area contributed by atoms with Gasteiger partial charge in [-0.3, -0.25) is 4.79 Å². The van der Waals surface area contributed by atoms with E-state index in [1.807, 2.05) is 30.3 Å². The summed E-state index contributed by atoms with van der Waals surface area (Å²) < 4.78 is 5.14. The van der Waals surface area contributed by atoms with Crippen LogP contribution in [0.2, 0.25) is 0 Å². The maximum absolute atomic E-state index is 12.1. The highest BCUT2D eigenvalue weighted by Gasteiger charge is 2.16. The maximum atomic E-state index is 12.1. The SMILES string of the molecule is N#C/C(=C(/O)COC(=O)CSc1ccc2c(c1)CCC2)c1nc2ccccc2[nH]1. The molecule has 0 bridgehead atoms. The Labute approximate surface area is 172 Å². The minimum atomic E-state index is -0.455. The third kappa shape index (κ3) is 4.28. The van der Waals surface area contributed by atoms with E-state index >= 15 is 0 Å². The van der Waals surface area contributed by atoms with Crippen LogP contribution in [0, 0.1) is 11.3 Å². The molecule has 7 heteroatoms. The number of rotatable bonds is 6. The monoisotopic (exact) mass is 405 g/mol. The summed E-state index contributed by atoms with van der Waals surface area (Å²) in [6.45, 7) is -0.372. The van der Waals surface area contributed by atoms with E-state index in [0.29, 0.717) is 5.52 Å². The zero-order valence-corrected chi connectivity index (χ0v) is 16.5. The van der Waals surface area contributed by atoms with Gasteiger partial charge in [0.1, 0.15) is 18.2 Å². The predicted octanol–water partition coefficient (Wildman–Crippen LogP) is 4.18. The zero-order valence-electron chi connectivity index (χ0n) is 15.6. The van der Waals surface area contributed by atoms with Crippen LogP contribution in [0.4, 0.5) is 0 Å². The van der Waals surface area contributed by atoms with E-state index in [1.54, 1.807) is 6.07 Å². The average Bonchev–Trinajstić information content (AvgIpc) is 3.37. The summed E-state index contributed by atoms with van der Waals surface area (Å²) in [6, 6.07) is 15.5. The lowest BCUT2D eigenvalue weighted by molar-refractivity contribution is -0.140. The van der Waals surface area contributed by atoms with Gasteiger partial charge >= 0.3 is 5.97 Å². The van der Waals surface area contributed by atoms with Crippen LogP contribution in [-0.4, -0.2) is 33.4 Å². The number of aryl methyl sites for hydroxylation is 2. The number of imidazole rings is 1. The van der Waals surface area contributed by atoms with Crippen molar-refractivity contribution in [1.29, 1.82) is 5.26 Å². The Bertz CT molecular complexity index is 1110. The lowest BCUT2D eigenvalue weighted by Crippen LogP contribution is -2.11. The number of benzene rings is 2. The fourth-order valence-corrected chi connectivity index (χ4v) is 4.13. The number of fused-ring (bicyclic) bond motifs is 2. The van der Waals surface area contributed by atoms with E-state index < -0.39 is 5.97 Å². The Morgan fingerprint density at radius 3 is 2.90 bits per heavy atom. The summed E-state index contributed by atoms with van der Waals surface area (Å²) in [4.78, 5) is 20.4. The molecular weight excluding hydrogens is 386 g/mol. The van der Waals surface area contributed by atoms with Crippen LogP contribution in [-0.2, 0) is 22.4 Å². The number of nitrogens with zero attached hydrogens (tertiary/aromatic N) is 2. The van der Waals surface area contributed by atoms with Gasteiger partial charge in [0, 0.05) is 4.90 Å². The minimum Gasteiger partial charge on any atom is -0.507 e. The number of carbonyl (C=O) groups excluding carboxylic acids is 1. The van der Waals surface area contributed by atoms with Crippen molar-refractivity contribution in [3.8, 4) is 6.07 Å². The average molecular weight is 405 g/mol. The molecule has 29 heavy (non-hydrogen) atoms. The fourth-order valence-electron chi connectivity index (χ4n) is 3.37. The van der Waals surface area contributed by atoms with Gasteiger partial charge in [-0.15, -0.1) is 11.8 Å². The van der Waals surface area contributed by atoms with Crippen LogP contribution in [0.25, 0.3) is 16.6 Å². The van der Waals surface area contributed by atoms with E-state index in [1.165, 1.54) is 29.3 Å². The third-order valence-electron chi connectivity index (χ3n) is 4.82. The molecular formula is C22H19N3O3S. The van der Waals surface area contributed by atoms with E-state index in [4.69, 9.17) is 4.74 Å². The van der Waals surface area contributed by atoms with E-state index in [9.17, 15) is 15.2 Å². The van der Waals surface area contributed by atoms with Gasteiger partial charge in [0.15, 0.2) is 11.6 Å². The lowest BCUT2D eigenvalue weighted by atomic mass is 10.1. The van der Waals surface area contributed by atoms with Crippen molar-refractivity contribution in [3.05, 3.63) is 65.2 Å². The number of ether oxygens (including phenoxy) is 1. The number of hydrogen-bond donors (Lipinski definition) is 2. The molecule has 2 aromatic carbocycles. The maximum Gasteiger partial charge on any atom is 0.316 e. The number of hydrogen-bond acceptors (Lipinski definition) is 6. The van der Waals surface area contributed by atoms with Crippen LogP contribution < -0.4 is 0 Å². The summed E-state index contributed by atoms with van der Waals surface area (Å²) in [5.74, 6) is -0.403. The molecule has 0 fully saturated rings. The Morgan fingerprint density at radius 1 is 1.24 bits per heavy atom. The van der Waals surface area contributed by atoms with E-state index in [0.717, 1.165) is 23.3 Å². The Morgan fingerprint density at radius 2 is 2.07 bits per heavy atom. The second-order valence-corrected chi connectivity index (χ2v) is 7.82. The van der Waals surface area contributed by atoms with Gasteiger partial charge in [-0.1, -0.05) is 18.2 Å². The summed E-state index contributed by atoms with van der Waals surface area (Å²) >= 11 is 1.40. The van der Waals surface area contributed by atoms with Gasteiger partial charge in [0.05, 0.1) is 16.8 Å². The van der Waals surface area contributed by atoms with Crippen molar-refractivity contribution < 1.29 is 14.6 Å². The van der Waals surface area contributed by atoms with Crippen molar-refractivity contribution in [2.45, 2.75) is 24.2 Å². The van der Waals surface area contributed by atoms with E-state index in [-0.39, 0.29) is 29.5 Å². The Balaban J connectivity index is 1.36. The molecule has 0 unspecified atom stereocenters. The number of aromatic nitrogens is 2. The third-order valence-corrected chi connectivity index (χ3v) is 5.79. The quantitative estimate of drug-likeness (QED) is 0.276. The molecule has 0 amide bonds. The van der Waals surface area contributed by atoms with Crippen molar-refractivity contribution in [1.82, 2.24) is 9.97 Å². The molecule has 2 N–H and O–H groups in total. The number of carbonyl (C=O) groups is 1. The first-order valence-corrected chi connectivity index (χ1v) is 10.3. The largest absolute Gasteiger partial charge is 0.507 e. The van der Waals surface area contributed by atoms with Gasteiger partial charge < -0.3 is 14.8 Å². The highest BCUT2D eigenvalue weighted by atomic mass is 32.2. The molecule has 1 aromatic heterocycles. The molecule has 6 nitrogen and oxygen atoms in total. The summed E-state index contributed by atoms with van der Waals surface area (Å²) in [7, 11) is 0. The predicted molar refractivity (Wildman–Crippen MR) is 111 cm³/mol. The van der Waals surface area contributed by atoms with Crippen molar-refractivity contribution in [2.24, 2.45) is 0 Å². The van der Waals surface area contributed by atoms with Crippen molar-refractivity contribution >= 4 is 34.3 Å². The highest BCUT2D eigenvalue weighted by molar-refractivity contribution is 8.00. The number of para-hydroxylation sites is 2. The second-order valence-electron chi connectivity index (χ2n) is 6.77. The molecule has 0 atom stereocenters. The van der Waals surface area contributed by atoms with Gasteiger partial charge in [0.2, 0.25) is 0 Å². The summed E-state index contributed by atoms with van der Waals surface area (Å²) in [5.41, 5.74) is 4.15. The first-order valence-electron chi connectivity index (χ1n) is 9.31. The molecule has 146 valence electrons. The molecule has 0 radical (unpaired) electrons. The van der Waals surface area contributed by atoms with Crippen LogP contribution >= 0.6 is 11.8 Å². The Kier molecular flexibility index (Phi) is 5.54.